The van der Waals surface area contributed by atoms with Crippen LogP contribution in [0.4, 0.5) is 0 Å². The van der Waals surface area contributed by atoms with Gasteiger partial charge in [0, 0.05) is 11.6 Å². The minimum absolute atomic E-state index is 0.112. The lowest BCUT2D eigenvalue weighted by Crippen LogP contribution is -2.29. The number of benzene rings is 1. The number of fused-ring (bicyclic) bond motifs is 1. The predicted octanol–water partition coefficient (Wildman–Crippen LogP) is 2.59. The zero-order valence-electron chi connectivity index (χ0n) is 11.8. The van der Waals surface area contributed by atoms with E-state index in [1.54, 1.807) is 6.20 Å². The molecule has 0 aliphatic carbocycles. The highest BCUT2D eigenvalue weighted by Gasteiger charge is 2.21. The van der Waals surface area contributed by atoms with E-state index in [1.165, 1.54) is 11.5 Å². The van der Waals surface area contributed by atoms with Gasteiger partial charge in [0.05, 0.1) is 22.1 Å². The van der Waals surface area contributed by atoms with Gasteiger partial charge in [-0.3, -0.25) is 10.8 Å². The van der Waals surface area contributed by atoms with Crippen molar-refractivity contribution in [2.45, 2.75) is 25.8 Å². The summed E-state index contributed by atoms with van der Waals surface area (Å²) in [6, 6.07) is 9.98. The molecule has 0 spiro atoms. The molecule has 0 aliphatic rings. The maximum atomic E-state index is 5.83. The summed E-state index contributed by atoms with van der Waals surface area (Å²) in [4.78, 5) is 5.48. The van der Waals surface area contributed by atoms with Crippen LogP contribution in [0.1, 0.15) is 35.5 Å². The number of pyridine rings is 1. The van der Waals surface area contributed by atoms with Gasteiger partial charge in [-0.2, -0.15) is 0 Å². The van der Waals surface area contributed by atoms with Crippen LogP contribution in [-0.4, -0.2) is 14.6 Å². The minimum Gasteiger partial charge on any atom is -0.271 e. The predicted molar refractivity (Wildman–Crippen MR) is 84.8 cm³/mol. The van der Waals surface area contributed by atoms with Crippen LogP contribution in [-0.2, 0) is 6.42 Å². The fourth-order valence-electron chi connectivity index (χ4n) is 2.53. The van der Waals surface area contributed by atoms with Crippen LogP contribution in [0.3, 0.4) is 0 Å². The average Bonchev–Trinajstić information content (AvgIpc) is 2.97. The van der Waals surface area contributed by atoms with Gasteiger partial charge in [-0.05, 0) is 35.6 Å². The number of nitrogens with one attached hydrogen (secondary N) is 1. The van der Waals surface area contributed by atoms with Crippen molar-refractivity contribution in [2.75, 3.05) is 0 Å². The van der Waals surface area contributed by atoms with E-state index >= 15 is 0 Å². The van der Waals surface area contributed by atoms with Crippen molar-refractivity contribution in [3.8, 4) is 0 Å². The van der Waals surface area contributed by atoms with Gasteiger partial charge in [0.2, 0.25) is 0 Å². The van der Waals surface area contributed by atoms with E-state index in [0.717, 1.165) is 39.9 Å². The first kappa shape index (κ1) is 14.1. The van der Waals surface area contributed by atoms with Crippen molar-refractivity contribution >= 4 is 22.4 Å². The number of nitrogens with zero attached hydrogens (tertiary/aromatic N) is 3. The first-order chi connectivity index (χ1) is 10.3. The monoisotopic (exact) mass is 299 g/mol. The molecule has 3 aromatic rings. The van der Waals surface area contributed by atoms with E-state index in [4.69, 9.17) is 5.84 Å². The molecule has 0 amide bonds. The summed E-state index contributed by atoms with van der Waals surface area (Å²) < 4.78 is 4.10. The van der Waals surface area contributed by atoms with Gasteiger partial charge >= 0.3 is 0 Å². The van der Waals surface area contributed by atoms with Gasteiger partial charge in [-0.1, -0.05) is 36.0 Å². The highest BCUT2D eigenvalue weighted by Crippen LogP contribution is 2.31. The molecule has 21 heavy (non-hydrogen) atoms. The van der Waals surface area contributed by atoms with E-state index in [1.807, 2.05) is 18.2 Å². The summed E-state index contributed by atoms with van der Waals surface area (Å²) in [6.07, 6.45) is 3.74. The highest BCUT2D eigenvalue weighted by atomic mass is 32.1. The van der Waals surface area contributed by atoms with Crippen LogP contribution < -0.4 is 11.3 Å². The van der Waals surface area contributed by atoms with Crippen molar-refractivity contribution in [3.63, 3.8) is 0 Å². The maximum Gasteiger partial charge on any atom is 0.0844 e. The molecule has 0 saturated heterocycles. The Morgan fingerprint density at radius 1 is 1.29 bits per heavy atom. The molecule has 0 fully saturated rings. The Morgan fingerprint density at radius 3 is 3.00 bits per heavy atom. The Kier molecular flexibility index (Phi) is 4.19. The molecule has 3 rings (SSSR count). The Hall–Kier alpha value is -1.89. The van der Waals surface area contributed by atoms with Crippen molar-refractivity contribution in [1.82, 2.24) is 20.0 Å². The molecule has 3 N–H and O–H groups in total. The molecule has 0 aliphatic heterocycles. The Morgan fingerprint density at radius 2 is 2.19 bits per heavy atom. The van der Waals surface area contributed by atoms with Crippen molar-refractivity contribution in [3.05, 3.63) is 52.7 Å². The molecule has 1 atom stereocenters. The fourth-order valence-corrected chi connectivity index (χ4v) is 3.31. The van der Waals surface area contributed by atoms with Crippen molar-refractivity contribution in [1.29, 1.82) is 0 Å². The number of nitrogens with two attached hydrogens (primary N) is 1. The minimum atomic E-state index is -0.112. The van der Waals surface area contributed by atoms with Crippen LogP contribution in [0.2, 0.25) is 0 Å². The number of aromatic nitrogens is 3. The lowest BCUT2D eigenvalue weighted by atomic mass is 9.99. The summed E-state index contributed by atoms with van der Waals surface area (Å²) >= 11 is 1.40. The normalized spacial score (nSPS) is 12.7. The van der Waals surface area contributed by atoms with Crippen LogP contribution >= 0.6 is 11.5 Å². The fraction of sp³-hybridized carbons (Fsp3) is 0.267. The van der Waals surface area contributed by atoms with Crippen LogP contribution in [0.15, 0.2) is 36.5 Å². The third-order valence-corrected chi connectivity index (χ3v) is 4.32. The second-order valence-corrected chi connectivity index (χ2v) is 5.64. The number of aryl methyl sites for hydroxylation is 1. The molecule has 5 nitrogen and oxygen atoms in total. The summed E-state index contributed by atoms with van der Waals surface area (Å²) in [7, 11) is 0. The molecule has 2 aromatic heterocycles. The molecule has 0 bridgehead atoms. The quantitative estimate of drug-likeness (QED) is 0.559. The number of rotatable bonds is 5. The maximum absolute atomic E-state index is 5.83. The molecular weight excluding hydrogens is 282 g/mol. The summed E-state index contributed by atoms with van der Waals surface area (Å²) in [5.74, 6) is 5.83. The molecule has 2 heterocycles. The zero-order valence-corrected chi connectivity index (χ0v) is 12.6. The van der Waals surface area contributed by atoms with Gasteiger partial charge < -0.3 is 0 Å². The van der Waals surface area contributed by atoms with E-state index in [2.05, 4.69) is 39.1 Å². The van der Waals surface area contributed by atoms with Gasteiger partial charge in [0.25, 0.3) is 0 Å². The summed E-state index contributed by atoms with van der Waals surface area (Å²) in [5, 5.41) is 5.33. The SMILES string of the molecule is CCCc1nnsc1C(NN)c1cccc2ncccc12. The summed E-state index contributed by atoms with van der Waals surface area (Å²) in [6.45, 7) is 2.13. The summed E-state index contributed by atoms with van der Waals surface area (Å²) in [5.41, 5.74) is 6.00. The van der Waals surface area contributed by atoms with Gasteiger partial charge in [0.1, 0.15) is 0 Å². The zero-order chi connectivity index (χ0) is 14.7. The van der Waals surface area contributed by atoms with Crippen molar-refractivity contribution < 1.29 is 0 Å². The number of hydrazine groups is 1. The lowest BCUT2D eigenvalue weighted by Gasteiger charge is -2.17. The lowest BCUT2D eigenvalue weighted by molar-refractivity contribution is 0.640. The second kappa shape index (κ2) is 6.26. The third-order valence-electron chi connectivity index (χ3n) is 3.49. The van der Waals surface area contributed by atoms with E-state index < -0.39 is 0 Å². The molecule has 0 saturated carbocycles. The first-order valence-electron chi connectivity index (χ1n) is 6.96. The molecule has 1 aromatic carbocycles. The standard InChI is InChI=1S/C15H17N5S/c1-2-5-13-15(21-20-19-13)14(18-16)11-6-3-8-12-10(11)7-4-9-17-12/h3-4,6-9,14,18H,2,5,16H2,1H3. The van der Waals surface area contributed by atoms with Crippen LogP contribution in [0, 0.1) is 0 Å². The van der Waals surface area contributed by atoms with Crippen molar-refractivity contribution in [2.24, 2.45) is 5.84 Å². The largest absolute Gasteiger partial charge is 0.271 e. The average molecular weight is 299 g/mol. The van der Waals surface area contributed by atoms with Gasteiger partial charge in [-0.25, -0.2) is 5.43 Å². The van der Waals surface area contributed by atoms with E-state index in [0.29, 0.717) is 0 Å². The number of hydrogen-bond donors (Lipinski definition) is 2. The Labute approximate surface area is 127 Å². The highest BCUT2D eigenvalue weighted by molar-refractivity contribution is 7.05. The van der Waals surface area contributed by atoms with E-state index in [-0.39, 0.29) is 6.04 Å². The number of hydrogen-bond acceptors (Lipinski definition) is 6. The smallest absolute Gasteiger partial charge is 0.0844 e. The van der Waals surface area contributed by atoms with Gasteiger partial charge in [-0.15, -0.1) is 5.10 Å². The first-order valence-corrected chi connectivity index (χ1v) is 7.73. The molecule has 0 radical (unpaired) electrons. The van der Waals surface area contributed by atoms with E-state index in [9.17, 15) is 0 Å². The molecule has 108 valence electrons. The molecule has 1 unspecified atom stereocenters. The molecule has 6 heteroatoms. The molecular formula is C15H17N5S. The second-order valence-electron chi connectivity index (χ2n) is 4.85. The van der Waals surface area contributed by atoms with Gasteiger partial charge in [0.15, 0.2) is 0 Å². The Balaban J connectivity index is 2.12. The Bertz CT molecular complexity index is 734. The van der Waals surface area contributed by atoms with Crippen LogP contribution in [0.5, 0.6) is 0 Å². The topological polar surface area (TPSA) is 76.7 Å². The van der Waals surface area contributed by atoms with Crippen LogP contribution in [0.25, 0.3) is 10.9 Å². The third kappa shape index (κ3) is 2.65.